The Labute approximate surface area is 171 Å². The molecular weight excluding hydrogens is 410 g/mol. The van der Waals surface area contributed by atoms with E-state index >= 15 is 0 Å². The fourth-order valence-electron chi connectivity index (χ4n) is 2.91. The number of guanidine groups is 1. The fourth-order valence-corrected chi connectivity index (χ4v) is 4.23. The van der Waals surface area contributed by atoms with Crippen molar-refractivity contribution in [3.63, 3.8) is 0 Å². The first-order chi connectivity index (χ1) is 12.3. The van der Waals surface area contributed by atoms with E-state index in [2.05, 4.69) is 93.6 Å². The maximum Gasteiger partial charge on any atom is 0.191 e. The van der Waals surface area contributed by atoms with Gasteiger partial charge >= 0.3 is 0 Å². The topological polar surface area (TPSA) is 42.9 Å². The molecule has 0 aromatic heterocycles. The van der Waals surface area contributed by atoms with Crippen molar-refractivity contribution in [2.45, 2.75) is 29.5 Å². The molecule has 1 saturated heterocycles. The van der Waals surface area contributed by atoms with Crippen LogP contribution in [0.25, 0.3) is 0 Å². The predicted octanol–water partition coefficient (Wildman–Crippen LogP) is 2.73. The minimum Gasteiger partial charge on any atom is -0.355 e. The van der Waals surface area contributed by atoms with E-state index in [-0.39, 0.29) is 4.75 Å². The summed E-state index contributed by atoms with van der Waals surface area (Å²) in [5.74, 6) is 0.871. The maximum atomic E-state index is 4.39. The second-order valence-corrected chi connectivity index (χ2v) is 10.2. The summed E-state index contributed by atoms with van der Waals surface area (Å²) in [6.07, 6.45) is 0. The van der Waals surface area contributed by atoms with Crippen LogP contribution in [0.2, 0.25) is 0 Å². The average molecular weight is 442 g/mol. The molecule has 26 heavy (non-hydrogen) atoms. The minimum absolute atomic E-state index is 0.0628. The standard InChI is InChI=1S/C19H32BrN5S/c1-19(2,26-17-8-6-15(20)7-9-17)14-23-18(21-3)22-12-16-13-24(4)10-11-25(16)5/h6-9,16H,10-14H2,1-5H3,(H2,21,22,23). The van der Waals surface area contributed by atoms with Gasteiger partial charge in [-0.25, -0.2) is 0 Å². The summed E-state index contributed by atoms with van der Waals surface area (Å²) in [7, 11) is 6.23. The molecule has 5 nitrogen and oxygen atoms in total. The Hall–Kier alpha value is -0.760. The lowest BCUT2D eigenvalue weighted by Crippen LogP contribution is -2.55. The Morgan fingerprint density at radius 2 is 1.92 bits per heavy atom. The van der Waals surface area contributed by atoms with Gasteiger partial charge in [0.05, 0.1) is 0 Å². The smallest absolute Gasteiger partial charge is 0.191 e. The fraction of sp³-hybridized carbons (Fsp3) is 0.632. The van der Waals surface area contributed by atoms with Gasteiger partial charge in [0, 0.05) is 59.9 Å². The Balaban J connectivity index is 1.80. The van der Waals surface area contributed by atoms with Gasteiger partial charge in [-0.2, -0.15) is 0 Å². The molecule has 1 aliphatic heterocycles. The zero-order valence-corrected chi connectivity index (χ0v) is 19.0. The van der Waals surface area contributed by atoms with Crippen LogP contribution in [0.5, 0.6) is 0 Å². The highest BCUT2D eigenvalue weighted by atomic mass is 79.9. The second-order valence-electron chi connectivity index (χ2n) is 7.52. The van der Waals surface area contributed by atoms with Crippen LogP contribution in [0, 0.1) is 0 Å². The van der Waals surface area contributed by atoms with Crippen LogP contribution < -0.4 is 10.6 Å². The molecule has 1 fully saturated rings. The highest BCUT2D eigenvalue weighted by Crippen LogP contribution is 2.32. The van der Waals surface area contributed by atoms with Gasteiger partial charge < -0.3 is 15.5 Å². The van der Waals surface area contributed by atoms with E-state index in [1.165, 1.54) is 4.90 Å². The van der Waals surface area contributed by atoms with Gasteiger partial charge in [-0.1, -0.05) is 15.9 Å². The lowest BCUT2D eigenvalue weighted by molar-refractivity contribution is 0.116. The van der Waals surface area contributed by atoms with Crippen LogP contribution in [0.1, 0.15) is 13.8 Å². The molecule has 0 bridgehead atoms. The van der Waals surface area contributed by atoms with Crippen molar-refractivity contribution in [2.24, 2.45) is 4.99 Å². The molecule has 7 heteroatoms. The zero-order chi connectivity index (χ0) is 19.2. The van der Waals surface area contributed by atoms with E-state index in [0.717, 1.165) is 43.2 Å². The molecule has 1 aromatic carbocycles. The van der Waals surface area contributed by atoms with E-state index in [9.17, 15) is 0 Å². The molecule has 0 saturated carbocycles. The molecular formula is C19H32BrN5S. The molecule has 0 aliphatic carbocycles. The van der Waals surface area contributed by atoms with Crippen molar-refractivity contribution >= 4 is 33.7 Å². The highest BCUT2D eigenvalue weighted by Gasteiger charge is 2.23. The zero-order valence-electron chi connectivity index (χ0n) is 16.6. The van der Waals surface area contributed by atoms with Crippen molar-refractivity contribution in [2.75, 3.05) is 53.9 Å². The monoisotopic (exact) mass is 441 g/mol. The summed E-state index contributed by atoms with van der Waals surface area (Å²) in [4.78, 5) is 10.5. The SMILES string of the molecule is CN=C(NCC1CN(C)CCN1C)NCC(C)(C)Sc1ccc(Br)cc1. The summed E-state index contributed by atoms with van der Waals surface area (Å²) < 4.78 is 1.17. The van der Waals surface area contributed by atoms with Gasteiger partial charge in [-0.05, 0) is 52.2 Å². The largest absolute Gasteiger partial charge is 0.355 e. The summed E-state index contributed by atoms with van der Waals surface area (Å²) >= 11 is 5.36. The summed E-state index contributed by atoms with van der Waals surface area (Å²) in [6, 6.07) is 8.99. The number of nitrogens with one attached hydrogen (secondary N) is 2. The Bertz CT molecular complexity index is 590. The molecule has 2 N–H and O–H groups in total. The van der Waals surface area contributed by atoms with Crippen molar-refractivity contribution < 1.29 is 0 Å². The minimum atomic E-state index is 0.0628. The summed E-state index contributed by atoms with van der Waals surface area (Å²) in [6.45, 7) is 9.60. The highest BCUT2D eigenvalue weighted by molar-refractivity contribution is 9.10. The molecule has 1 atom stereocenters. The summed E-state index contributed by atoms with van der Waals surface area (Å²) in [5.41, 5.74) is 0. The van der Waals surface area contributed by atoms with Crippen molar-refractivity contribution in [3.8, 4) is 0 Å². The number of likely N-dealkylation sites (N-methyl/N-ethyl adjacent to an activating group) is 2. The second kappa shape index (κ2) is 9.97. The van der Waals surface area contributed by atoms with Crippen LogP contribution in [-0.4, -0.2) is 80.4 Å². The lowest BCUT2D eigenvalue weighted by atomic mass is 10.2. The molecule has 1 unspecified atom stereocenters. The Morgan fingerprint density at radius 3 is 2.58 bits per heavy atom. The first-order valence-electron chi connectivity index (χ1n) is 9.07. The van der Waals surface area contributed by atoms with Gasteiger partial charge in [0.25, 0.3) is 0 Å². The van der Waals surface area contributed by atoms with E-state index in [0.29, 0.717) is 6.04 Å². The number of aliphatic imine (C=N–C) groups is 1. The number of hydrogen-bond donors (Lipinski definition) is 2. The van der Waals surface area contributed by atoms with Gasteiger partial charge in [0.2, 0.25) is 0 Å². The van der Waals surface area contributed by atoms with Crippen molar-refractivity contribution in [1.82, 2.24) is 20.4 Å². The molecule has 1 aliphatic rings. The van der Waals surface area contributed by atoms with E-state index < -0.39 is 0 Å². The third-order valence-corrected chi connectivity index (χ3v) is 6.33. The number of hydrogen-bond acceptors (Lipinski definition) is 4. The van der Waals surface area contributed by atoms with E-state index in [1.807, 2.05) is 18.8 Å². The van der Waals surface area contributed by atoms with Gasteiger partial charge in [-0.3, -0.25) is 9.89 Å². The molecule has 0 amide bonds. The van der Waals surface area contributed by atoms with Gasteiger partial charge in [-0.15, -0.1) is 11.8 Å². The number of piperazine rings is 1. The Morgan fingerprint density at radius 1 is 1.23 bits per heavy atom. The number of thioether (sulfide) groups is 1. The molecule has 146 valence electrons. The predicted molar refractivity (Wildman–Crippen MR) is 117 cm³/mol. The number of benzene rings is 1. The van der Waals surface area contributed by atoms with Crippen LogP contribution in [0.3, 0.4) is 0 Å². The summed E-state index contributed by atoms with van der Waals surface area (Å²) in [5, 5.41) is 6.97. The van der Waals surface area contributed by atoms with E-state index in [4.69, 9.17) is 0 Å². The van der Waals surface area contributed by atoms with Crippen molar-refractivity contribution in [1.29, 1.82) is 0 Å². The third-order valence-electron chi connectivity index (χ3n) is 4.60. The van der Waals surface area contributed by atoms with Crippen LogP contribution in [0.15, 0.2) is 38.6 Å². The third kappa shape index (κ3) is 7.10. The van der Waals surface area contributed by atoms with Gasteiger partial charge in [0.15, 0.2) is 5.96 Å². The average Bonchev–Trinajstić information content (AvgIpc) is 2.59. The molecule has 2 rings (SSSR count). The molecule has 1 heterocycles. The number of rotatable bonds is 6. The van der Waals surface area contributed by atoms with Crippen LogP contribution >= 0.6 is 27.7 Å². The van der Waals surface area contributed by atoms with Gasteiger partial charge in [0.1, 0.15) is 0 Å². The normalized spacial score (nSPS) is 20.2. The number of halogens is 1. The van der Waals surface area contributed by atoms with Crippen LogP contribution in [-0.2, 0) is 0 Å². The first kappa shape index (κ1) is 21.5. The molecule has 0 radical (unpaired) electrons. The van der Waals surface area contributed by atoms with E-state index in [1.54, 1.807) is 0 Å². The molecule has 1 aromatic rings. The Kier molecular flexibility index (Phi) is 8.26. The van der Waals surface area contributed by atoms with Crippen molar-refractivity contribution in [3.05, 3.63) is 28.7 Å². The maximum absolute atomic E-state index is 4.39. The lowest BCUT2D eigenvalue weighted by Gasteiger charge is -2.38. The molecule has 0 spiro atoms. The van der Waals surface area contributed by atoms with Crippen LogP contribution in [0.4, 0.5) is 0 Å². The number of nitrogens with zero attached hydrogens (tertiary/aromatic N) is 3. The quantitative estimate of drug-likeness (QED) is 0.403. The first-order valence-corrected chi connectivity index (χ1v) is 10.7.